The normalized spacial score (nSPS) is 13.2. The average molecular weight is 325 g/mol. The Hall–Kier alpha value is -1.04. The molecule has 0 spiro atoms. The molecule has 1 rings (SSSR count). The minimum atomic E-state index is -4.50. The van der Waals surface area contributed by atoms with E-state index in [2.05, 4.69) is 15.9 Å². The van der Waals surface area contributed by atoms with E-state index in [1.165, 1.54) is 6.07 Å². The van der Waals surface area contributed by atoms with Crippen molar-refractivity contribution in [1.82, 2.24) is 0 Å². The summed E-state index contributed by atoms with van der Waals surface area (Å²) in [7, 11) is 0. The van der Waals surface area contributed by atoms with Gasteiger partial charge in [-0.2, -0.15) is 13.2 Å². The molecule has 0 heterocycles. The molecule has 6 heteroatoms. The van der Waals surface area contributed by atoms with Crippen molar-refractivity contribution in [3.63, 3.8) is 0 Å². The van der Waals surface area contributed by atoms with Gasteiger partial charge in [0.1, 0.15) is 5.75 Å². The Morgan fingerprint density at radius 1 is 1.39 bits per heavy atom. The molecule has 0 aliphatic heterocycles. The minimum Gasteiger partial charge on any atom is -0.494 e. The van der Waals surface area contributed by atoms with E-state index >= 15 is 0 Å². The molecule has 0 saturated carbocycles. The van der Waals surface area contributed by atoms with Crippen LogP contribution in [0, 0.1) is 0 Å². The maximum absolute atomic E-state index is 12.7. The van der Waals surface area contributed by atoms with E-state index in [9.17, 15) is 18.0 Å². The first kappa shape index (κ1) is 15.0. The van der Waals surface area contributed by atoms with Gasteiger partial charge in [-0.1, -0.05) is 15.9 Å². The molecule has 0 radical (unpaired) electrons. The first-order chi connectivity index (χ1) is 8.25. The molecule has 0 aliphatic carbocycles. The number of carbonyl (C=O) groups excluding carboxylic acids is 1. The number of alkyl halides is 4. The highest BCUT2D eigenvalue weighted by atomic mass is 79.9. The van der Waals surface area contributed by atoms with Crippen LogP contribution in [-0.2, 0) is 6.18 Å². The number of ether oxygens (including phenoxy) is 1. The van der Waals surface area contributed by atoms with Crippen LogP contribution in [-0.4, -0.2) is 17.2 Å². The lowest BCUT2D eigenvalue weighted by molar-refractivity contribution is -0.137. The van der Waals surface area contributed by atoms with Crippen molar-refractivity contribution in [1.29, 1.82) is 0 Å². The zero-order valence-corrected chi connectivity index (χ0v) is 11.4. The highest BCUT2D eigenvalue weighted by Crippen LogP contribution is 2.33. The molecular weight excluding hydrogens is 313 g/mol. The third kappa shape index (κ3) is 3.73. The highest BCUT2D eigenvalue weighted by molar-refractivity contribution is 9.10. The summed E-state index contributed by atoms with van der Waals surface area (Å²) in [6.07, 6.45) is -4.50. The number of benzene rings is 1. The lowest BCUT2D eigenvalue weighted by Gasteiger charge is -2.12. The number of rotatable bonds is 4. The van der Waals surface area contributed by atoms with Crippen molar-refractivity contribution in [3.05, 3.63) is 29.3 Å². The molecule has 0 fully saturated rings. The maximum atomic E-state index is 12.7. The van der Waals surface area contributed by atoms with Gasteiger partial charge in [0.15, 0.2) is 5.78 Å². The summed E-state index contributed by atoms with van der Waals surface area (Å²) in [5, 5.41) is 0. The van der Waals surface area contributed by atoms with Gasteiger partial charge in [-0.05, 0) is 32.0 Å². The van der Waals surface area contributed by atoms with Crippen molar-refractivity contribution < 1.29 is 22.7 Å². The topological polar surface area (TPSA) is 26.3 Å². The standard InChI is InChI=1S/C12H12BrF3O2/c1-3-18-10-5-8(11(17)7(2)13)4-9(6-10)12(14,15)16/h4-7H,3H2,1-2H3. The summed E-state index contributed by atoms with van der Waals surface area (Å²) in [5.41, 5.74) is -0.900. The molecule has 0 bridgehead atoms. The Morgan fingerprint density at radius 2 is 2.00 bits per heavy atom. The fraction of sp³-hybridized carbons (Fsp3) is 0.417. The Bertz CT molecular complexity index is 441. The first-order valence-corrected chi connectivity index (χ1v) is 6.20. The highest BCUT2D eigenvalue weighted by Gasteiger charge is 2.32. The summed E-state index contributed by atoms with van der Waals surface area (Å²) >= 11 is 3.04. The number of carbonyl (C=O) groups is 1. The van der Waals surface area contributed by atoms with Gasteiger partial charge in [0, 0.05) is 5.56 Å². The molecule has 1 atom stereocenters. The zero-order valence-electron chi connectivity index (χ0n) is 9.84. The first-order valence-electron chi connectivity index (χ1n) is 5.29. The lowest BCUT2D eigenvalue weighted by atomic mass is 10.0. The van der Waals surface area contributed by atoms with Crippen molar-refractivity contribution in [2.75, 3.05) is 6.61 Å². The van der Waals surface area contributed by atoms with Crippen LogP contribution >= 0.6 is 15.9 Å². The van der Waals surface area contributed by atoms with E-state index in [1.807, 2.05) is 0 Å². The average Bonchev–Trinajstić information content (AvgIpc) is 2.26. The summed E-state index contributed by atoms with van der Waals surface area (Å²) in [4.78, 5) is 11.2. The second-order valence-electron chi connectivity index (χ2n) is 3.66. The van der Waals surface area contributed by atoms with Crippen molar-refractivity contribution in [2.45, 2.75) is 24.9 Å². The predicted octanol–water partition coefficient (Wildman–Crippen LogP) is 4.07. The monoisotopic (exact) mass is 324 g/mol. The van der Waals surface area contributed by atoms with Gasteiger partial charge in [0.2, 0.25) is 0 Å². The summed E-state index contributed by atoms with van der Waals surface area (Å²) in [6, 6.07) is 3.04. The number of hydrogen-bond acceptors (Lipinski definition) is 2. The number of hydrogen-bond donors (Lipinski definition) is 0. The number of Topliss-reactive ketones (excluding diaryl/α,β-unsaturated/α-hetero) is 1. The molecule has 100 valence electrons. The Morgan fingerprint density at radius 3 is 2.44 bits per heavy atom. The van der Waals surface area contributed by atoms with Crippen LogP contribution in [0.5, 0.6) is 5.75 Å². The quantitative estimate of drug-likeness (QED) is 0.616. The van der Waals surface area contributed by atoms with Crippen LogP contribution in [0.4, 0.5) is 13.2 Å². The second kappa shape index (κ2) is 5.73. The van der Waals surface area contributed by atoms with Gasteiger partial charge in [0.05, 0.1) is 17.0 Å². The second-order valence-corrected chi connectivity index (χ2v) is 5.03. The van der Waals surface area contributed by atoms with E-state index in [1.54, 1.807) is 13.8 Å². The summed E-state index contributed by atoms with van der Waals surface area (Å²) in [5.74, 6) is -0.370. The minimum absolute atomic E-state index is 0.0161. The van der Waals surface area contributed by atoms with Crippen LogP contribution < -0.4 is 4.74 Å². The van der Waals surface area contributed by atoms with Gasteiger partial charge in [-0.3, -0.25) is 4.79 Å². The van der Waals surface area contributed by atoms with Gasteiger partial charge in [-0.25, -0.2) is 0 Å². The van der Waals surface area contributed by atoms with Gasteiger partial charge in [-0.15, -0.1) is 0 Å². The number of halogens is 4. The van der Waals surface area contributed by atoms with Gasteiger partial charge >= 0.3 is 6.18 Å². The van der Waals surface area contributed by atoms with Crippen molar-refractivity contribution in [2.24, 2.45) is 0 Å². The zero-order chi connectivity index (χ0) is 13.9. The Balaban J connectivity index is 3.26. The molecule has 0 aromatic heterocycles. The van der Waals surface area contributed by atoms with Crippen LogP contribution in [0.15, 0.2) is 18.2 Å². The van der Waals surface area contributed by atoms with Crippen molar-refractivity contribution >= 4 is 21.7 Å². The Kier molecular flexibility index (Phi) is 4.78. The number of ketones is 1. The molecule has 1 unspecified atom stereocenters. The molecule has 1 aromatic rings. The van der Waals surface area contributed by atoms with E-state index in [-0.39, 0.29) is 17.9 Å². The molecule has 2 nitrogen and oxygen atoms in total. The fourth-order valence-corrected chi connectivity index (χ4v) is 1.65. The molecule has 0 N–H and O–H groups in total. The van der Waals surface area contributed by atoms with E-state index in [0.717, 1.165) is 12.1 Å². The third-order valence-electron chi connectivity index (χ3n) is 2.19. The van der Waals surface area contributed by atoms with Crippen LogP contribution in [0.1, 0.15) is 29.8 Å². The SMILES string of the molecule is CCOc1cc(C(=O)C(C)Br)cc(C(F)(F)F)c1. The van der Waals surface area contributed by atoms with Gasteiger partial charge < -0.3 is 4.74 Å². The smallest absolute Gasteiger partial charge is 0.416 e. The molecular formula is C12H12BrF3O2. The predicted molar refractivity (Wildman–Crippen MR) is 65.3 cm³/mol. The largest absolute Gasteiger partial charge is 0.494 e. The molecule has 1 aromatic carbocycles. The summed E-state index contributed by atoms with van der Waals surface area (Å²) in [6.45, 7) is 3.45. The fourth-order valence-electron chi connectivity index (χ4n) is 1.38. The van der Waals surface area contributed by atoms with Gasteiger partial charge in [0.25, 0.3) is 0 Å². The molecule has 18 heavy (non-hydrogen) atoms. The van der Waals surface area contributed by atoms with E-state index < -0.39 is 22.4 Å². The van der Waals surface area contributed by atoms with Crippen LogP contribution in [0.2, 0.25) is 0 Å². The van der Waals surface area contributed by atoms with E-state index in [4.69, 9.17) is 4.74 Å². The maximum Gasteiger partial charge on any atom is 0.416 e. The van der Waals surface area contributed by atoms with Crippen LogP contribution in [0.25, 0.3) is 0 Å². The third-order valence-corrected chi connectivity index (χ3v) is 2.61. The van der Waals surface area contributed by atoms with Crippen LogP contribution in [0.3, 0.4) is 0 Å². The molecule has 0 amide bonds. The Labute approximate surface area is 111 Å². The summed E-state index contributed by atoms with van der Waals surface area (Å²) < 4.78 is 43.1. The lowest BCUT2D eigenvalue weighted by Crippen LogP contribution is -2.13. The molecule has 0 saturated heterocycles. The molecule has 0 aliphatic rings. The van der Waals surface area contributed by atoms with Crippen molar-refractivity contribution in [3.8, 4) is 5.75 Å². The van der Waals surface area contributed by atoms with E-state index in [0.29, 0.717) is 0 Å².